The van der Waals surface area contributed by atoms with Gasteiger partial charge in [0.1, 0.15) is 5.52 Å². The van der Waals surface area contributed by atoms with Gasteiger partial charge in [0, 0.05) is 29.1 Å². The molecule has 4 unspecified atom stereocenters. The molecule has 3 fully saturated rings. The third kappa shape index (κ3) is 4.64. The molecule has 0 aliphatic heterocycles. The van der Waals surface area contributed by atoms with Crippen molar-refractivity contribution in [3.8, 4) is 0 Å². The first kappa shape index (κ1) is 23.6. The van der Waals surface area contributed by atoms with Crippen LogP contribution in [0.15, 0.2) is 45.2 Å². The number of benzene rings is 2. The number of aromatic amines is 1. The molecule has 8 nitrogen and oxygen atoms in total. The highest BCUT2D eigenvalue weighted by Gasteiger charge is 2.37. The number of rotatable bonds is 6. The van der Waals surface area contributed by atoms with Crippen LogP contribution in [0.2, 0.25) is 0 Å². The molecule has 2 aromatic heterocycles. The van der Waals surface area contributed by atoms with Crippen molar-refractivity contribution in [2.45, 2.75) is 69.4 Å². The average Bonchev–Trinajstić information content (AvgIpc) is 3.25. The Kier molecular flexibility index (Phi) is 5.83. The van der Waals surface area contributed by atoms with Crippen molar-refractivity contribution in [2.75, 3.05) is 0 Å². The second-order valence-electron chi connectivity index (χ2n) is 11.2. The third-order valence-electron chi connectivity index (χ3n) is 8.56. The monoisotopic (exact) mass is 530 g/mol. The minimum atomic E-state index is -0.0793. The van der Waals surface area contributed by atoms with Crippen molar-refractivity contribution >= 4 is 46.2 Å². The van der Waals surface area contributed by atoms with Crippen molar-refractivity contribution in [1.82, 2.24) is 20.6 Å². The zero-order valence-corrected chi connectivity index (χ0v) is 21.8. The summed E-state index contributed by atoms with van der Waals surface area (Å²) < 4.78 is 11.3. The predicted octanol–water partition coefficient (Wildman–Crippen LogP) is 6.01. The first-order chi connectivity index (χ1) is 18.5. The molecule has 2 amide bonds. The van der Waals surface area contributed by atoms with Gasteiger partial charge in [0.05, 0.1) is 5.52 Å². The van der Waals surface area contributed by atoms with Crippen molar-refractivity contribution in [2.24, 2.45) is 11.8 Å². The Bertz CT molecular complexity index is 1600. The number of hydrogen-bond donors (Lipinski definition) is 3. The van der Waals surface area contributed by atoms with Gasteiger partial charge in [0.15, 0.2) is 17.1 Å². The van der Waals surface area contributed by atoms with Gasteiger partial charge in [-0.15, -0.1) is 0 Å². The molecule has 3 aliphatic rings. The topological polar surface area (TPSA) is 113 Å². The smallest absolute Gasteiger partial charge is 0.266 e. The van der Waals surface area contributed by atoms with Crippen LogP contribution in [0.4, 0.5) is 0 Å². The first-order valence-electron chi connectivity index (χ1n) is 13.6. The van der Waals surface area contributed by atoms with Crippen LogP contribution in [0.1, 0.15) is 83.9 Å². The number of aromatic nitrogens is 2. The summed E-state index contributed by atoms with van der Waals surface area (Å²) in [5, 5.41) is 6.46. The molecule has 38 heavy (non-hydrogen) atoms. The van der Waals surface area contributed by atoms with E-state index in [2.05, 4.69) is 20.6 Å². The molecule has 2 heterocycles. The van der Waals surface area contributed by atoms with E-state index < -0.39 is 0 Å². The molecule has 0 radical (unpaired) electrons. The Balaban J connectivity index is 0.924. The molecule has 3 saturated carbocycles. The number of nitrogens with zero attached hydrogens (tertiary/aromatic N) is 1. The SMILES string of the molecule is O=C(NC1CCC(C2CCC(NC(=O)c3ccc4[nH]c(=S)oc4c3)C2)C1)c1ccc2nc(C3CC3)oc2c1. The highest BCUT2D eigenvalue weighted by Crippen LogP contribution is 2.42. The summed E-state index contributed by atoms with van der Waals surface area (Å²) in [7, 11) is 0. The van der Waals surface area contributed by atoms with E-state index in [0.29, 0.717) is 44.9 Å². The summed E-state index contributed by atoms with van der Waals surface area (Å²) in [5.41, 5.74) is 4.09. The molecule has 4 atom stereocenters. The third-order valence-corrected chi connectivity index (χ3v) is 8.75. The number of nitrogens with one attached hydrogen (secondary N) is 3. The second-order valence-corrected chi connectivity index (χ2v) is 11.6. The lowest BCUT2D eigenvalue weighted by molar-refractivity contribution is 0.0926. The Morgan fingerprint density at radius 3 is 2.11 bits per heavy atom. The molecular weight excluding hydrogens is 500 g/mol. The highest BCUT2D eigenvalue weighted by atomic mass is 32.1. The van der Waals surface area contributed by atoms with Gasteiger partial charge >= 0.3 is 0 Å². The van der Waals surface area contributed by atoms with Crippen molar-refractivity contribution in [1.29, 1.82) is 0 Å². The summed E-state index contributed by atoms with van der Waals surface area (Å²) in [6.45, 7) is 0. The highest BCUT2D eigenvalue weighted by molar-refractivity contribution is 7.71. The van der Waals surface area contributed by atoms with E-state index in [1.807, 2.05) is 24.3 Å². The molecule has 196 valence electrons. The summed E-state index contributed by atoms with van der Waals surface area (Å²) in [6, 6.07) is 11.2. The van der Waals surface area contributed by atoms with Crippen molar-refractivity contribution in [3.05, 3.63) is 58.3 Å². The Morgan fingerprint density at radius 1 is 0.816 bits per heavy atom. The van der Waals surface area contributed by atoms with E-state index in [1.54, 1.807) is 12.1 Å². The maximum Gasteiger partial charge on any atom is 0.266 e. The van der Waals surface area contributed by atoms with E-state index in [-0.39, 0.29) is 23.9 Å². The fourth-order valence-electron chi connectivity index (χ4n) is 6.36. The second kappa shape index (κ2) is 9.38. The fraction of sp³-hybridized carbons (Fsp3) is 0.448. The van der Waals surface area contributed by atoms with Gasteiger partial charge < -0.3 is 24.5 Å². The number of amides is 2. The summed E-state index contributed by atoms with van der Waals surface area (Å²) >= 11 is 5.03. The summed E-state index contributed by atoms with van der Waals surface area (Å²) in [6.07, 6.45) is 8.42. The lowest BCUT2D eigenvalue weighted by atomic mass is 9.89. The number of hydrogen-bond acceptors (Lipinski definition) is 6. The lowest BCUT2D eigenvalue weighted by Crippen LogP contribution is -2.34. The van der Waals surface area contributed by atoms with E-state index in [1.165, 1.54) is 0 Å². The molecule has 3 N–H and O–H groups in total. The van der Waals surface area contributed by atoms with Gasteiger partial charge in [-0.05, 0) is 112 Å². The van der Waals surface area contributed by atoms with Gasteiger partial charge in [0.2, 0.25) is 0 Å². The Hall–Kier alpha value is -3.46. The molecule has 0 saturated heterocycles. The maximum absolute atomic E-state index is 13.0. The predicted molar refractivity (Wildman–Crippen MR) is 145 cm³/mol. The molecule has 0 bridgehead atoms. The van der Waals surface area contributed by atoms with Crippen LogP contribution in [0.5, 0.6) is 0 Å². The minimum Gasteiger partial charge on any atom is -0.440 e. The van der Waals surface area contributed by atoms with Crippen molar-refractivity contribution < 1.29 is 18.4 Å². The van der Waals surface area contributed by atoms with E-state index in [9.17, 15) is 9.59 Å². The van der Waals surface area contributed by atoms with Crippen molar-refractivity contribution in [3.63, 3.8) is 0 Å². The van der Waals surface area contributed by atoms with Crippen LogP contribution >= 0.6 is 12.2 Å². The quantitative estimate of drug-likeness (QED) is 0.263. The van der Waals surface area contributed by atoms with Crippen LogP contribution < -0.4 is 10.6 Å². The number of fused-ring (bicyclic) bond motifs is 2. The standard InChI is InChI=1S/C29H30N4O4S/c34-26(18-5-9-22-24(13-18)36-28(32-22)15-1-2-15)30-20-7-3-16(11-20)17-4-8-21(12-17)31-27(35)19-6-10-23-25(14-19)37-29(38)33-23/h5-6,9-10,13-17,20-21H,1-4,7-8,11-12H2,(H,30,34)(H,31,35)(H,33,38). The van der Waals surface area contributed by atoms with Crippen LogP contribution in [0.25, 0.3) is 22.2 Å². The summed E-state index contributed by atoms with van der Waals surface area (Å²) in [4.78, 5) is 33.7. The molecule has 9 heteroatoms. The Labute approximate surface area is 224 Å². The fourth-order valence-corrected chi connectivity index (χ4v) is 6.56. The number of carbonyl (C=O) groups excluding carboxylic acids is 2. The summed E-state index contributed by atoms with van der Waals surface area (Å²) in [5.74, 6) is 2.26. The van der Waals surface area contributed by atoms with Crippen LogP contribution in [-0.4, -0.2) is 33.9 Å². The largest absolute Gasteiger partial charge is 0.440 e. The Morgan fingerprint density at radius 2 is 1.45 bits per heavy atom. The zero-order chi connectivity index (χ0) is 25.8. The lowest BCUT2D eigenvalue weighted by Gasteiger charge is -2.20. The zero-order valence-electron chi connectivity index (χ0n) is 21.0. The van der Waals surface area contributed by atoms with Gasteiger partial charge in [-0.1, -0.05) is 0 Å². The van der Waals surface area contributed by atoms with Crippen LogP contribution in [0, 0.1) is 16.7 Å². The van der Waals surface area contributed by atoms with Crippen LogP contribution in [0.3, 0.4) is 0 Å². The number of carbonyl (C=O) groups is 2. The van der Waals surface area contributed by atoms with Gasteiger partial charge in [-0.3, -0.25) is 9.59 Å². The van der Waals surface area contributed by atoms with Gasteiger partial charge in [-0.2, -0.15) is 0 Å². The first-order valence-corrected chi connectivity index (χ1v) is 14.0. The molecule has 3 aliphatic carbocycles. The van der Waals surface area contributed by atoms with E-state index in [4.69, 9.17) is 21.1 Å². The minimum absolute atomic E-state index is 0.0484. The number of H-pyrrole nitrogens is 1. The molecular formula is C29H30N4O4S. The van der Waals surface area contributed by atoms with Crippen LogP contribution in [-0.2, 0) is 0 Å². The van der Waals surface area contributed by atoms with Gasteiger partial charge in [0.25, 0.3) is 16.7 Å². The molecule has 0 spiro atoms. The van der Waals surface area contributed by atoms with E-state index in [0.717, 1.165) is 68.3 Å². The maximum atomic E-state index is 13.0. The van der Waals surface area contributed by atoms with E-state index >= 15 is 0 Å². The van der Waals surface area contributed by atoms with Gasteiger partial charge in [-0.25, -0.2) is 4.98 Å². The molecule has 2 aromatic carbocycles. The molecule has 4 aromatic rings. The number of oxazole rings is 2. The normalized spacial score (nSPS) is 25.3. The molecule has 7 rings (SSSR count). The average molecular weight is 531 g/mol.